The maximum absolute atomic E-state index is 13.4. The van der Waals surface area contributed by atoms with Gasteiger partial charge in [-0.25, -0.2) is 4.39 Å². The van der Waals surface area contributed by atoms with Gasteiger partial charge in [-0.3, -0.25) is 0 Å². The smallest absolute Gasteiger partial charge is 0.133 e. The Morgan fingerprint density at radius 1 is 1.29 bits per heavy atom. The van der Waals surface area contributed by atoms with Crippen molar-refractivity contribution < 1.29 is 9.13 Å². The second-order valence-corrected chi connectivity index (χ2v) is 6.25. The van der Waals surface area contributed by atoms with E-state index in [2.05, 4.69) is 11.4 Å². The zero-order chi connectivity index (χ0) is 14.8. The third-order valence-corrected chi connectivity index (χ3v) is 4.90. The van der Waals surface area contributed by atoms with Crippen molar-refractivity contribution >= 4 is 11.8 Å². The minimum Gasteiger partial charge on any atom is -0.486 e. The summed E-state index contributed by atoms with van der Waals surface area (Å²) in [7, 11) is 1.91. The molecule has 110 valence electrons. The van der Waals surface area contributed by atoms with Crippen molar-refractivity contribution in [2.45, 2.75) is 24.0 Å². The first-order valence-electron chi connectivity index (χ1n) is 7.01. The summed E-state index contributed by atoms with van der Waals surface area (Å²) >= 11 is 1.80. The van der Waals surface area contributed by atoms with Gasteiger partial charge in [0, 0.05) is 10.6 Å². The minimum absolute atomic E-state index is 0.0276. The molecule has 2 unspecified atom stereocenters. The van der Waals surface area contributed by atoms with E-state index < -0.39 is 0 Å². The van der Waals surface area contributed by atoms with Gasteiger partial charge in [-0.2, -0.15) is 0 Å². The number of nitrogens with one attached hydrogen (secondary N) is 1. The van der Waals surface area contributed by atoms with Crippen LogP contribution >= 0.6 is 11.8 Å². The highest BCUT2D eigenvalue weighted by atomic mass is 32.2. The molecule has 0 spiro atoms. The van der Waals surface area contributed by atoms with Crippen LogP contribution in [0.5, 0.6) is 5.75 Å². The number of thioether (sulfide) groups is 1. The van der Waals surface area contributed by atoms with Crippen LogP contribution in [0.1, 0.15) is 17.2 Å². The second-order valence-electron chi connectivity index (χ2n) is 5.19. The van der Waals surface area contributed by atoms with Crippen LogP contribution in [0, 0.1) is 12.7 Å². The van der Waals surface area contributed by atoms with Gasteiger partial charge < -0.3 is 10.1 Å². The van der Waals surface area contributed by atoms with E-state index in [0.29, 0.717) is 5.56 Å². The fraction of sp³-hybridized carbons (Fsp3) is 0.294. The van der Waals surface area contributed by atoms with Crippen LogP contribution in [0.15, 0.2) is 47.4 Å². The summed E-state index contributed by atoms with van der Waals surface area (Å²) < 4.78 is 19.6. The van der Waals surface area contributed by atoms with Crippen molar-refractivity contribution in [1.82, 2.24) is 5.32 Å². The van der Waals surface area contributed by atoms with Crippen molar-refractivity contribution in [2.24, 2.45) is 0 Å². The Hall–Kier alpha value is -1.52. The van der Waals surface area contributed by atoms with Gasteiger partial charge in [0.1, 0.15) is 17.7 Å². The number of aryl methyl sites for hydroxylation is 1. The van der Waals surface area contributed by atoms with Gasteiger partial charge in [0.2, 0.25) is 0 Å². The van der Waals surface area contributed by atoms with Crippen molar-refractivity contribution in [1.29, 1.82) is 0 Å². The Kier molecular flexibility index (Phi) is 4.17. The van der Waals surface area contributed by atoms with Crippen molar-refractivity contribution in [3.05, 3.63) is 59.4 Å². The number of hydrogen-bond acceptors (Lipinski definition) is 3. The van der Waals surface area contributed by atoms with E-state index in [9.17, 15) is 4.39 Å². The molecule has 1 aliphatic rings. The lowest BCUT2D eigenvalue weighted by molar-refractivity contribution is 0.171. The quantitative estimate of drug-likeness (QED) is 0.928. The molecule has 2 aromatic rings. The molecule has 0 saturated carbocycles. The zero-order valence-electron chi connectivity index (χ0n) is 12.1. The van der Waals surface area contributed by atoms with Crippen LogP contribution < -0.4 is 10.1 Å². The third kappa shape index (κ3) is 2.92. The van der Waals surface area contributed by atoms with Crippen molar-refractivity contribution in [3.8, 4) is 5.75 Å². The molecule has 0 saturated heterocycles. The molecule has 1 N–H and O–H groups in total. The third-order valence-electron chi connectivity index (χ3n) is 3.75. The molecule has 21 heavy (non-hydrogen) atoms. The van der Waals surface area contributed by atoms with E-state index in [0.717, 1.165) is 17.1 Å². The lowest BCUT2D eigenvalue weighted by Crippen LogP contribution is -2.37. The molecule has 2 nitrogen and oxygen atoms in total. The molecule has 0 aromatic heterocycles. The molecule has 0 bridgehead atoms. The number of hydrogen-bond donors (Lipinski definition) is 1. The Morgan fingerprint density at radius 3 is 2.86 bits per heavy atom. The number of rotatable bonds is 3. The van der Waals surface area contributed by atoms with Crippen molar-refractivity contribution in [2.75, 3.05) is 12.8 Å². The molecule has 3 rings (SSSR count). The number of likely N-dealkylation sites (N-methyl/N-ethyl adjacent to an activating group) is 1. The maximum Gasteiger partial charge on any atom is 0.133 e. The van der Waals surface area contributed by atoms with Gasteiger partial charge in [-0.05, 0) is 43.3 Å². The second kappa shape index (κ2) is 6.08. The topological polar surface area (TPSA) is 21.3 Å². The summed E-state index contributed by atoms with van der Waals surface area (Å²) in [6, 6.07) is 13.4. The summed E-state index contributed by atoms with van der Waals surface area (Å²) in [4.78, 5) is 1.18. The van der Waals surface area contributed by atoms with E-state index in [1.165, 1.54) is 11.0 Å². The number of ether oxygens (including phenoxy) is 1. The lowest BCUT2D eigenvalue weighted by Gasteiger charge is -2.32. The molecular formula is C17H18FNOS. The summed E-state index contributed by atoms with van der Waals surface area (Å²) in [5.74, 6) is 1.63. The molecule has 4 heteroatoms. The monoisotopic (exact) mass is 303 g/mol. The molecule has 0 radical (unpaired) electrons. The Morgan fingerprint density at radius 2 is 2.10 bits per heavy atom. The SMILES string of the molecule is CNC(c1ccc(F)c(C)c1)C1CSc2ccccc2O1. The highest BCUT2D eigenvalue weighted by molar-refractivity contribution is 7.99. The average molecular weight is 303 g/mol. The first-order valence-corrected chi connectivity index (χ1v) is 7.99. The van der Waals surface area contributed by atoms with Crippen LogP contribution in [-0.4, -0.2) is 18.9 Å². The Balaban J connectivity index is 1.86. The molecule has 0 amide bonds. The van der Waals surface area contributed by atoms with Gasteiger partial charge in [-0.1, -0.05) is 24.3 Å². The van der Waals surface area contributed by atoms with Gasteiger partial charge in [0.15, 0.2) is 0 Å². The summed E-state index contributed by atoms with van der Waals surface area (Å²) in [6.07, 6.45) is 0.0276. The van der Waals surface area contributed by atoms with E-state index in [-0.39, 0.29) is 18.0 Å². The Labute approximate surface area is 128 Å². The summed E-state index contributed by atoms with van der Waals surface area (Å²) in [5, 5.41) is 3.30. The van der Waals surface area contributed by atoms with Gasteiger partial charge >= 0.3 is 0 Å². The number of benzene rings is 2. The highest BCUT2D eigenvalue weighted by Crippen LogP contribution is 2.38. The number of para-hydroxylation sites is 1. The lowest BCUT2D eigenvalue weighted by atomic mass is 10.00. The molecular weight excluding hydrogens is 285 g/mol. The average Bonchev–Trinajstić information content (AvgIpc) is 2.51. The largest absolute Gasteiger partial charge is 0.486 e. The molecule has 2 atom stereocenters. The molecule has 0 fully saturated rings. The molecule has 2 aromatic carbocycles. The predicted octanol–water partition coefficient (Wildman–Crippen LogP) is 3.95. The van der Waals surface area contributed by atoms with E-state index in [4.69, 9.17) is 4.74 Å². The highest BCUT2D eigenvalue weighted by Gasteiger charge is 2.28. The summed E-state index contributed by atoms with van der Waals surface area (Å²) in [5.41, 5.74) is 1.72. The van der Waals surface area contributed by atoms with Crippen molar-refractivity contribution in [3.63, 3.8) is 0 Å². The number of fused-ring (bicyclic) bond motifs is 1. The van der Waals surface area contributed by atoms with E-state index in [1.54, 1.807) is 18.7 Å². The molecule has 1 aliphatic heterocycles. The number of halogens is 1. The standard InChI is InChI=1S/C17H18FNOS/c1-11-9-12(7-8-13(11)18)17(19-2)15-10-21-16-6-4-3-5-14(16)20-15/h3-9,15,17,19H,10H2,1-2H3. The fourth-order valence-electron chi connectivity index (χ4n) is 2.63. The van der Waals surface area contributed by atoms with Gasteiger partial charge in [-0.15, -0.1) is 11.8 Å². The predicted molar refractivity (Wildman–Crippen MR) is 84.5 cm³/mol. The Bertz CT molecular complexity index is 646. The first kappa shape index (κ1) is 14.4. The van der Waals surface area contributed by atoms with Crippen LogP contribution in [0.3, 0.4) is 0 Å². The first-order chi connectivity index (χ1) is 10.2. The van der Waals surface area contributed by atoms with Gasteiger partial charge in [0.25, 0.3) is 0 Å². The van der Waals surface area contributed by atoms with Crippen LogP contribution in [-0.2, 0) is 0 Å². The minimum atomic E-state index is -0.169. The molecule has 0 aliphatic carbocycles. The maximum atomic E-state index is 13.4. The fourth-order valence-corrected chi connectivity index (χ4v) is 3.67. The van der Waals surface area contributed by atoms with Crippen LogP contribution in [0.25, 0.3) is 0 Å². The molecule has 1 heterocycles. The van der Waals surface area contributed by atoms with Crippen LogP contribution in [0.2, 0.25) is 0 Å². The zero-order valence-corrected chi connectivity index (χ0v) is 12.9. The van der Waals surface area contributed by atoms with E-state index >= 15 is 0 Å². The van der Waals surface area contributed by atoms with Crippen LogP contribution in [0.4, 0.5) is 4.39 Å². The van der Waals surface area contributed by atoms with E-state index in [1.807, 2.05) is 37.4 Å². The summed E-state index contributed by atoms with van der Waals surface area (Å²) in [6.45, 7) is 1.79. The van der Waals surface area contributed by atoms with Gasteiger partial charge in [0.05, 0.1) is 6.04 Å². The normalized spacial score (nSPS) is 18.7.